The number of aromatic nitrogens is 3. The molecule has 1 aliphatic heterocycles. The summed E-state index contributed by atoms with van der Waals surface area (Å²) < 4.78 is 1.64. The average molecular weight is 285 g/mol. The number of likely N-dealkylation sites (tertiary alicyclic amines) is 1. The molecule has 3 rings (SSSR count). The predicted molar refractivity (Wildman–Crippen MR) is 79.3 cm³/mol. The molecule has 1 atom stereocenters. The topological polar surface area (TPSA) is 63.1 Å². The summed E-state index contributed by atoms with van der Waals surface area (Å²) in [7, 11) is 1.91. The number of hydrogen-bond acceptors (Lipinski definition) is 4. The first-order chi connectivity index (χ1) is 10.3. The molecule has 0 radical (unpaired) electrons. The molecule has 110 valence electrons. The molecule has 1 unspecified atom stereocenters. The van der Waals surface area contributed by atoms with E-state index in [0.717, 1.165) is 31.6 Å². The highest BCUT2D eigenvalue weighted by molar-refractivity contribution is 5.92. The molecule has 0 spiro atoms. The number of nitrogens with one attached hydrogen (secondary N) is 1. The van der Waals surface area contributed by atoms with Crippen LogP contribution in [0, 0.1) is 0 Å². The van der Waals surface area contributed by atoms with Crippen LogP contribution in [0.3, 0.4) is 0 Å². The van der Waals surface area contributed by atoms with Gasteiger partial charge in [0.1, 0.15) is 0 Å². The van der Waals surface area contributed by atoms with Crippen LogP contribution in [0.15, 0.2) is 36.5 Å². The number of carbonyl (C=O) groups is 1. The maximum absolute atomic E-state index is 12.6. The first-order valence-corrected chi connectivity index (χ1v) is 7.23. The number of rotatable bonds is 4. The molecule has 1 saturated heterocycles. The van der Waals surface area contributed by atoms with Crippen LogP contribution >= 0.6 is 0 Å². The first kappa shape index (κ1) is 13.8. The third-order valence-electron chi connectivity index (χ3n) is 3.81. The summed E-state index contributed by atoms with van der Waals surface area (Å²) in [5.74, 6) is -0.0325. The highest BCUT2D eigenvalue weighted by Crippen LogP contribution is 2.19. The van der Waals surface area contributed by atoms with E-state index in [1.165, 1.54) is 0 Å². The third-order valence-corrected chi connectivity index (χ3v) is 3.81. The molecule has 1 aromatic carbocycles. The molecule has 1 N–H and O–H groups in total. The van der Waals surface area contributed by atoms with Crippen LogP contribution < -0.4 is 5.32 Å². The van der Waals surface area contributed by atoms with E-state index in [9.17, 15) is 4.79 Å². The number of likely N-dealkylation sites (N-methyl/N-ethyl adjacent to an activating group) is 1. The smallest absolute Gasteiger partial charge is 0.276 e. The molecule has 2 heterocycles. The number of amides is 1. The van der Waals surface area contributed by atoms with Gasteiger partial charge in [-0.15, -0.1) is 5.10 Å². The van der Waals surface area contributed by atoms with Crippen molar-refractivity contribution >= 4 is 5.91 Å². The molecule has 0 saturated carbocycles. The van der Waals surface area contributed by atoms with Crippen molar-refractivity contribution in [2.45, 2.75) is 18.9 Å². The summed E-state index contributed by atoms with van der Waals surface area (Å²) in [6.45, 7) is 1.61. The molecule has 1 aromatic heterocycles. The molecule has 1 amide bonds. The minimum atomic E-state index is -0.0325. The monoisotopic (exact) mass is 285 g/mol. The zero-order chi connectivity index (χ0) is 14.7. The van der Waals surface area contributed by atoms with Gasteiger partial charge in [0.25, 0.3) is 5.91 Å². The molecular formula is C15H19N5O. The molecule has 21 heavy (non-hydrogen) atoms. The van der Waals surface area contributed by atoms with Crippen LogP contribution in [0.25, 0.3) is 5.69 Å². The molecule has 2 aromatic rings. The Morgan fingerprint density at radius 1 is 1.38 bits per heavy atom. The van der Waals surface area contributed by atoms with E-state index in [4.69, 9.17) is 0 Å². The SMILES string of the molecule is CNCC1CCCN1C(=O)c1cn(-c2ccccc2)nn1. The summed E-state index contributed by atoms with van der Waals surface area (Å²) in [4.78, 5) is 14.5. The summed E-state index contributed by atoms with van der Waals surface area (Å²) in [5, 5.41) is 11.2. The van der Waals surface area contributed by atoms with Gasteiger partial charge in [0.15, 0.2) is 5.69 Å². The van der Waals surface area contributed by atoms with E-state index in [-0.39, 0.29) is 11.9 Å². The van der Waals surface area contributed by atoms with Crippen LogP contribution in [0.2, 0.25) is 0 Å². The lowest BCUT2D eigenvalue weighted by atomic mass is 10.2. The minimum absolute atomic E-state index is 0.0325. The van der Waals surface area contributed by atoms with Crippen LogP contribution in [0.5, 0.6) is 0 Å². The molecule has 6 nitrogen and oxygen atoms in total. The normalized spacial score (nSPS) is 18.1. The Bertz CT molecular complexity index is 610. The van der Waals surface area contributed by atoms with Gasteiger partial charge in [-0.25, -0.2) is 4.68 Å². The summed E-state index contributed by atoms with van der Waals surface area (Å²) in [6, 6.07) is 9.93. The second-order valence-electron chi connectivity index (χ2n) is 5.24. The van der Waals surface area contributed by atoms with Crippen molar-refractivity contribution in [3.05, 3.63) is 42.2 Å². The van der Waals surface area contributed by atoms with Crippen molar-refractivity contribution in [2.75, 3.05) is 20.1 Å². The largest absolute Gasteiger partial charge is 0.333 e. The lowest BCUT2D eigenvalue weighted by molar-refractivity contribution is 0.0731. The predicted octanol–water partition coefficient (Wildman–Crippen LogP) is 1.09. The van der Waals surface area contributed by atoms with Crippen LogP contribution in [-0.2, 0) is 0 Å². The molecule has 6 heteroatoms. The van der Waals surface area contributed by atoms with Gasteiger partial charge in [-0.05, 0) is 32.0 Å². The first-order valence-electron chi connectivity index (χ1n) is 7.23. The second kappa shape index (κ2) is 6.05. The van der Waals surface area contributed by atoms with Gasteiger partial charge in [0, 0.05) is 19.1 Å². The van der Waals surface area contributed by atoms with E-state index in [1.807, 2.05) is 42.3 Å². The van der Waals surface area contributed by atoms with Crippen LogP contribution in [0.1, 0.15) is 23.3 Å². The molecule has 1 aliphatic rings. The Labute approximate surface area is 123 Å². The molecule has 1 fully saturated rings. The maximum atomic E-state index is 12.6. The Balaban J connectivity index is 1.78. The van der Waals surface area contributed by atoms with Crippen LogP contribution in [-0.4, -0.2) is 52.0 Å². The summed E-state index contributed by atoms with van der Waals surface area (Å²) in [6.07, 6.45) is 3.79. The fourth-order valence-electron chi connectivity index (χ4n) is 2.77. The molecule has 0 aliphatic carbocycles. The van der Waals surface area contributed by atoms with Crippen molar-refractivity contribution in [3.63, 3.8) is 0 Å². The van der Waals surface area contributed by atoms with Gasteiger partial charge >= 0.3 is 0 Å². The van der Waals surface area contributed by atoms with E-state index in [2.05, 4.69) is 15.6 Å². The second-order valence-corrected chi connectivity index (χ2v) is 5.24. The van der Waals surface area contributed by atoms with Crippen molar-refractivity contribution in [1.82, 2.24) is 25.2 Å². The Morgan fingerprint density at radius 3 is 2.95 bits per heavy atom. The van der Waals surface area contributed by atoms with Gasteiger partial charge in [0.05, 0.1) is 11.9 Å². The number of carbonyl (C=O) groups excluding carboxylic acids is 1. The number of nitrogens with zero attached hydrogens (tertiary/aromatic N) is 4. The van der Waals surface area contributed by atoms with Crippen LogP contribution in [0.4, 0.5) is 0 Å². The van der Waals surface area contributed by atoms with E-state index < -0.39 is 0 Å². The standard InChI is InChI=1S/C15H19N5O/c1-16-10-13-8-5-9-19(13)15(21)14-11-20(18-17-14)12-6-3-2-4-7-12/h2-4,6-7,11,13,16H,5,8-10H2,1H3. The summed E-state index contributed by atoms with van der Waals surface area (Å²) in [5.41, 5.74) is 1.30. The van der Waals surface area contributed by atoms with Gasteiger partial charge in [-0.2, -0.15) is 0 Å². The van der Waals surface area contributed by atoms with E-state index in [0.29, 0.717) is 5.69 Å². The highest BCUT2D eigenvalue weighted by Gasteiger charge is 2.30. The number of para-hydroxylation sites is 1. The van der Waals surface area contributed by atoms with Gasteiger partial charge in [-0.1, -0.05) is 23.4 Å². The number of hydrogen-bond donors (Lipinski definition) is 1. The fraction of sp³-hybridized carbons (Fsp3) is 0.400. The number of benzene rings is 1. The Morgan fingerprint density at radius 2 is 2.19 bits per heavy atom. The van der Waals surface area contributed by atoms with Crippen molar-refractivity contribution < 1.29 is 4.79 Å². The quantitative estimate of drug-likeness (QED) is 0.913. The zero-order valence-electron chi connectivity index (χ0n) is 12.1. The zero-order valence-corrected chi connectivity index (χ0v) is 12.1. The van der Waals surface area contributed by atoms with E-state index in [1.54, 1.807) is 10.9 Å². The van der Waals surface area contributed by atoms with E-state index >= 15 is 0 Å². The third kappa shape index (κ3) is 2.80. The lowest BCUT2D eigenvalue weighted by Crippen LogP contribution is -2.41. The minimum Gasteiger partial charge on any atom is -0.333 e. The van der Waals surface area contributed by atoms with Crippen molar-refractivity contribution in [3.8, 4) is 5.69 Å². The average Bonchev–Trinajstić information content (AvgIpc) is 3.17. The van der Waals surface area contributed by atoms with Crippen molar-refractivity contribution in [2.24, 2.45) is 0 Å². The fourth-order valence-corrected chi connectivity index (χ4v) is 2.77. The molecule has 0 bridgehead atoms. The van der Waals surface area contributed by atoms with Gasteiger partial charge in [-0.3, -0.25) is 4.79 Å². The lowest BCUT2D eigenvalue weighted by Gasteiger charge is -2.23. The maximum Gasteiger partial charge on any atom is 0.276 e. The Kier molecular flexibility index (Phi) is 3.96. The highest BCUT2D eigenvalue weighted by atomic mass is 16.2. The van der Waals surface area contributed by atoms with Crippen molar-refractivity contribution in [1.29, 1.82) is 0 Å². The Hall–Kier alpha value is -2.21. The molecular weight excluding hydrogens is 266 g/mol. The van der Waals surface area contributed by atoms with Gasteiger partial charge < -0.3 is 10.2 Å². The summed E-state index contributed by atoms with van der Waals surface area (Å²) >= 11 is 0. The van der Waals surface area contributed by atoms with Gasteiger partial charge in [0.2, 0.25) is 0 Å².